The summed E-state index contributed by atoms with van der Waals surface area (Å²) in [6, 6.07) is 7.55. The van der Waals surface area contributed by atoms with E-state index in [1.165, 1.54) is 0 Å². The van der Waals surface area contributed by atoms with Crippen LogP contribution in [0.1, 0.15) is 23.2 Å². The molecule has 5 nitrogen and oxygen atoms in total. The van der Waals surface area contributed by atoms with Crippen LogP contribution in [-0.4, -0.2) is 34.8 Å². The summed E-state index contributed by atoms with van der Waals surface area (Å²) in [5.74, 6) is -0.0861. The first-order chi connectivity index (χ1) is 10.2. The summed E-state index contributed by atoms with van der Waals surface area (Å²) in [4.78, 5) is 12.2. The highest BCUT2D eigenvalue weighted by atomic mass is 35.5. The number of carbonyl (C=O) groups is 1. The van der Waals surface area contributed by atoms with Crippen molar-refractivity contribution in [1.29, 1.82) is 0 Å². The van der Waals surface area contributed by atoms with E-state index in [2.05, 4.69) is 15.7 Å². The maximum absolute atomic E-state index is 12.2. The quantitative estimate of drug-likeness (QED) is 0.902. The Morgan fingerprint density at radius 2 is 2.32 bits per heavy atom. The minimum Gasteiger partial charge on any atom is -0.348 e. The van der Waals surface area contributed by atoms with Crippen molar-refractivity contribution in [2.45, 2.75) is 18.9 Å². The number of halogens is 2. The second kappa shape index (κ2) is 7.63. The molecule has 0 unspecified atom stereocenters. The number of aromatic nitrogens is 2. The van der Waals surface area contributed by atoms with Gasteiger partial charge in [0.05, 0.1) is 17.4 Å². The van der Waals surface area contributed by atoms with Gasteiger partial charge < -0.3 is 10.6 Å². The van der Waals surface area contributed by atoms with Gasteiger partial charge in [-0.3, -0.25) is 4.79 Å². The van der Waals surface area contributed by atoms with Crippen LogP contribution in [0.25, 0.3) is 5.69 Å². The normalized spacial score (nSPS) is 17.6. The molecular formula is C15H18Cl2N4O. The molecule has 2 N–H and O–H groups in total. The van der Waals surface area contributed by atoms with Crippen LogP contribution in [0.2, 0.25) is 5.02 Å². The molecule has 0 saturated carbocycles. The molecule has 0 radical (unpaired) electrons. The van der Waals surface area contributed by atoms with Crippen LogP contribution in [0.4, 0.5) is 0 Å². The molecule has 118 valence electrons. The van der Waals surface area contributed by atoms with Gasteiger partial charge in [0.2, 0.25) is 0 Å². The van der Waals surface area contributed by atoms with Crippen LogP contribution < -0.4 is 10.6 Å². The predicted octanol–water partition coefficient (Wildman–Crippen LogP) is 2.43. The van der Waals surface area contributed by atoms with E-state index < -0.39 is 0 Å². The van der Waals surface area contributed by atoms with Crippen molar-refractivity contribution in [3.05, 3.63) is 47.2 Å². The standard InChI is InChI=1S/C15H17ClN4O.ClH/c16-12-3-1-5-14(7-12)20-10-11(8-18-20)15(21)19-13-4-2-6-17-9-13;/h1,3,5,7-8,10,13,17H,2,4,6,9H2,(H,19,21);1H/t13-;/m0./s1. The van der Waals surface area contributed by atoms with E-state index in [0.29, 0.717) is 10.6 Å². The number of piperidine rings is 1. The Morgan fingerprint density at radius 1 is 1.45 bits per heavy atom. The van der Waals surface area contributed by atoms with Crippen molar-refractivity contribution in [2.75, 3.05) is 13.1 Å². The summed E-state index contributed by atoms with van der Waals surface area (Å²) in [7, 11) is 0. The minimum atomic E-state index is -0.0861. The molecule has 1 aliphatic heterocycles. The summed E-state index contributed by atoms with van der Waals surface area (Å²) in [6.45, 7) is 1.85. The van der Waals surface area contributed by atoms with Gasteiger partial charge in [-0.15, -0.1) is 12.4 Å². The molecule has 1 atom stereocenters. The third kappa shape index (κ3) is 4.00. The molecule has 22 heavy (non-hydrogen) atoms. The molecule has 3 rings (SSSR count). The van der Waals surface area contributed by atoms with Gasteiger partial charge in [-0.25, -0.2) is 4.68 Å². The van der Waals surface area contributed by atoms with Gasteiger partial charge in [0.25, 0.3) is 5.91 Å². The molecule has 1 aromatic carbocycles. The number of nitrogens with one attached hydrogen (secondary N) is 2. The van der Waals surface area contributed by atoms with Gasteiger partial charge in [-0.1, -0.05) is 17.7 Å². The van der Waals surface area contributed by atoms with E-state index in [1.807, 2.05) is 12.1 Å². The first kappa shape index (κ1) is 16.8. The number of hydrogen-bond donors (Lipinski definition) is 2. The number of benzene rings is 1. The third-order valence-corrected chi connectivity index (χ3v) is 3.78. The summed E-state index contributed by atoms with van der Waals surface area (Å²) < 4.78 is 1.65. The Hall–Kier alpha value is -1.56. The molecule has 2 heterocycles. The fraction of sp³-hybridized carbons (Fsp3) is 0.333. The van der Waals surface area contributed by atoms with Crippen LogP contribution >= 0.6 is 24.0 Å². The molecule has 0 aliphatic carbocycles. The fourth-order valence-electron chi connectivity index (χ4n) is 2.44. The molecule has 0 spiro atoms. The third-order valence-electron chi connectivity index (χ3n) is 3.55. The lowest BCUT2D eigenvalue weighted by Crippen LogP contribution is -2.45. The monoisotopic (exact) mass is 340 g/mol. The Morgan fingerprint density at radius 3 is 3.05 bits per heavy atom. The molecule has 1 amide bonds. The Bertz CT molecular complexity index is 638. The SMILES string of the molecule is Cl.O=C(N[C@H]1CCCNC1)c1cnn(-c2cccc(Cl)c2)c1. The Kier molecular flexibility index (Phi) is 5.83. The number of carbonyl (C=O) groups excluding carboxylic acids is 1. The topological polar surface area (TPSA) is 59.0 Å². The average Bonchev–Trinajstić information content (AvgIpc) is 2.98. The Labute approximate surface area is 140 Å². The van der Waals surface area contributed by atoms with Crippen LogP contribution in [-0.2, 0) is 0 Å². The molecule has 7 heteroatoms. The molecule has 1 aliphatic rings. The van der Waals surface area contributed by atoms with Crippen molar-refractivity contribution < 1.29 is 4.79 Å². The van der Waals surface area contributed by atoms with Crippen LogP contribution in [0.15, 0.2) is 36.7 Å². The number of hydrogen-bond acceptors (Lipinski definition) is 3. The van der Waals surface area contributed by atoms with E-state index in [4.69, 9.17) is 11.6 Å². The molecule has 2 aromatic rings. The summed E-state index contributed by atoms with van der Waals surface area (Å²) in [5.41, 5.74) is 1.39. The number of nitrogens with zero attached hydrogens (tertiary/aromatic N) is 2. The van der Waals surface area contributed by atoms with E-state index >= 15 is 0 Å². The van der Waals surface area contributed by atoms with Crippen molar-refractivity contribution in [3.8, 4) is 5.69 Å². The van der Waals surface area contributed by atoms with Gasteiger partial charge in [0, 0.05) is 23.8 Å². The van der Waals surface area contributed by atoms with Gasteiger partial charge >= 0.3 is 0 Å². The van der Waals surface area contributed by atoms with E-state index in [-0.39, 0.29) is 24.4 Å². The van der Waals surface area contributed by atoms with Crippen LogP contribution in [0.5, 0.6) is 0 Å². The molecule has 1 fully saturated rings. The predicted molar refractivity (Wildman–Crippen MR) is 89.2 cm³/mol. The highest BCUT2D eigenvalue weighted by Crippen LogP contribution is 2.14. The van der Waals surface area contributed by atoms with Crippen molar-refractivity contribution in [2.24, 2.45) is 0 Å². The zero-order valence-electron chi connectivity index (χ0n) is 12.0. The highest BCUT2D eigenvalue weighted by molar-refractivity contribution is 6.30. The molecular weight excluding hydrogens is 323 g/mol. The summed E-state index contributed by atoms with van der Waals surface area (Å²) in [6.07, 6.45) is 5.40. The van der Waals surface area contributed by atoms with Gasteiger partial charge in [-0.2, -0.15) is 5.10 Å². The van der Waals surface area contributed by atoms with Crippen molar-refractivity contribution in [3.63, 3.8) is 0 Å². The summed E-state index contributed by atoms with van der Waals surface area (Å²) in [5, 5.41) is 11.2. The summed E-state index contributed by atoms with van der Waals surface area (Å²) >= 11 is 5.97. The van der Waals surface area contributed by atoms with E-state index in [9.17, 15) is 4.79 Å². The van der Waals surface area contributed by atoms with Gasteiger partial charge in [0.15, 0.2) is 0 Å². The van der Waals surface area contributed by atoms with Gasteiger partial charge in [0.1, 0.15) is 0 Å². The molecule has 1 aromatic heterocycles. The Balaban J connectivity index is 0.00000176. The average molecular weight is 341 g/mol. The van der Waals surface area contributed by atoms with Gasteiger partial charge in [-0.05, 0) is 37.6 Å². The maximum atomic E-state index is 12.2. The van der Waals surface area contributed by atoms with Crippen LogP contribution in [0.3, 0.4) is 0 Å². The second-order valence-corrected chi connectivity index (χ2v) is 5.61. The fourth-order valence-corrected chi connectivity index (χ4v) is 2.63. The first-order valence-electron chi connectivity index (χ1n) is 7.04. The lowest BCUT2D eigenvalue weighted by molar-refractivity contribution is 0.0930. The lowest BCUT2D eigenvalue weighted by atomic mass is 10.1. The first-order valence-corrected chi connectivity index (χ1v) is 7.42. The lowest BCUT2D eigenvalue weighted by Gasteiger charge is -2.23. The van der Waals surface area contributed by atoms with E-state index in [0.717, 1.165) is 31.6 Å². The smallest absolute Gasteiger partial charge is 0.254 e. The largest absolute Gasteiger partial charge is 0.348 e. The number of amides is 1. The maximum Gasteiger partial charge on any atom is 0.254 e. The second-order valence-electron chi connectivity index (χ2n) is 5.17. The number of rotatable bonds is 3. The zero-order chi connectivity index (χ0) is 14.7. The molecule has 1 saturated heterocycles. The van der Waals surface area contributed by atoms with Crippen molar-refractivity contribution >= 4 is 29.9 Å². The van der Waals surface area contributed by atoms with Crippen molar-refractivity contribution in [1.82, 2.24) is 20.4 Å². The minimum absolute atomic E-state index is 0. The van der Waals surface area contributed by atoms with Crippen LogP contribution in [0, 0.1) is 0 Å². The van der Waals surface area contributed by atoms with E-state index in [1.54, 1.807) is 29.2 Å². The zero-order valence-corrected chi connectivity index (χ0v) is 13.5. The molecule has 0 bridgehead atoms. The highest BCUT2D eigenvalue weighted by Gasteiger charge is 2.17.